The average molecular weight is 418 g/mol. The highest BCUT2D eigenvalue weighted by atomic mass is 32.2. The molecule has 156 valence electrons. The first-order valence-electron chi connectivity index (χ1n) is 9.66. The monoisotopic (exact) mass is 417 g/mol. The molecule has 1 amide bonds. The minimum atomic E-state index is -3.39. The van der Waals surface area contributed by atoms with Crippen molar-refractivity contribution in [3.63, 3.8) is 0 Å². The van der Waals surface area contributed by atoms with Crippen molar-refractivity contribution < 1.29 is 22.7 Å². The number of carbonyl (C=O) groups excluding carboxylic acids is 1. The molecule has 1 saturated heterocycles. The van der Waals surface area contributed by atoms with Crippen LogP contribution in [0.1, 0.15) is 38.0 Å². The quantitative estimate of drug-likeness (QED) is 0.731. The van der Waals surface area contributed by atoms with Crippen molar-refractivity contribution in [3.05, 3.63) is 60.2 Å². The second-order valence-electron chi connectivity index (χ2n) is 8.10. The third kappa shape index (κ3) is 5.73. The van der Waals surface area contributed by atoms with Gasteiger partial charge < -0.3 is 14.4 Å². The molecular weight excluding hydrogens is 390 g/mol. The molecule has 1 aliphatic rings. The Balaban J connectivity index is 1.71. The number of hydrogen-bond donors (Lipinski definition) is 0. The number of para-hydroxylation sites is 1. The number of ether oxygens (including phenoxy) is 2. The lowest BCUT2D eigenvalue weighted by Crippen LogP contribution is -2.38. The summed E-state index contributed by atoms with van der Waals surface area (Å²) in [5, 5.41) is -0.652. The molecule has 1 heterocycles. The fourth-order valence-electron chi connectivity index (χ4n) is 3.20. The van der Waals surface area contributed by atoms with Crippen molar-refractivity contribution in [2.45, 2.75) is 38.0 Å². The van der Waals surface area contributed by atoms with E-state index in [1.54, 1.807) is 45.0 Å². The van der Waals surface area contributed by atoms with Gasteiger partial charge in [0.15, 0.2) is 9.84 Å². The molecule has 0 bridgehead atoms. The van der Waals surface area contributed by atoms with Crippen LogP contribution in [0, 0.1) is 0 Å². The molecule has 2 aromatic carbocycles. The highest BCUT2D eigenvalue weighted by Crippen LogP contribution is 2.32. The maximum Gasteiger partial charge on any atom is 0.410 e. The Bertz CT molecular complexity index is 933. The smallest absolute Gasteiger partial charge is 0.410 e. The Morgan fingerprint density at radius 3 is 2.21 bits per heavy atom. The van der Waals surface area contributed by atoms with Gasteiger partial charge in [0.05, 0.1) is 11.0 Å². The van der Waals surface area contributed by atoms with Crippen molar-refractivity contribution in [1.82, 2.24) is 4.90 Å². The summed E-state index contributed by atoms with van der Waals surface area (Å²) in [5.74, 6) is 1.27. The molecule has 1 fully saturated rings. The number of nitrogens with zero attached hydrogens (tertiary/aromatic N) is 1. The first kappa shape index (κ1) is 21.2. The summed E-state index contributed by atoms with van der Waals surface area (Å²) in [5.41, 5.74) is 0.0902. The Morgan fingerprint density at radius 2 is 1.59 bits per heavy atom. The van der Waals surface area contributed by atoms with Gasteiger partial charge in [0.1, 0.15) is 17.1 Å². The first-order chi connectivity index (χ1) is 13.6. The molecule has 0 saturated carbocycles. The number of amides is 1. The number of sulfone groups is 1. The molecule has 0 spiro atoms. The van der Waals surface area contributed by atoms with Crippen LogP contribution in [-0.4, -0.2) is 43.9 Å². The lowest BCUT2D eigenvalue weighted by molar-refractivity contribution is 0.0263. The van der Waals surface area contributed by atoms with Crippen LogP contribution in [0.25, 0.3) is 0 Å². The lowest BCUT2D eigenvalue weighted by atomic mass is 10.1. The van der Waals surface area contributed by atoms with Crippen molar-refractivity contribution in [2.75, 3.05) is 18.8 Å². The van der Waals surface area contributed by atoms with E-state index < -0.39 is 26.8 Å². The second kappa shape index (κ2) is 8.45. The molecule has 3 rings (SSSR count). The van der Waals surface area contributed by atoms with Gasteiger partial charge >= 0.3 is 6.09 Å². The minimum absolute atomic E-state index is 0.0842. The number of rotatable bonds is 3. The zero-order chi connectivity index (χ0) is 21.1. The number of benzene rings is 2. The molecule has 0 aromatic heterocycles. The van der Waals surface area contributed by atoms with Crippen LogP contribution in [0.3, 0.4) is 0 Å². The fourth-order valence-corrected chi connectivity index (χ4v) is 5.00. The summed E-state index contributed by atoms with van der Waals surface area (Å²) >= 11 is 0. The fraction of sp³-hybridized carbons (Fsp3) is 0.409. The van der Waals surface area contributed by atoms with Crippen LogP contribution in [0.5, 0.6) is 11.5 Å². The first-order valence-corrected chi connectivity index (χ1v) is 11.4. The molecule has 0 N–H and O–H groups in total. The van der Waals surface area contributed by atoms with E-state index in [-0.39, 0.29) is 12.3 Å². The predicted octanol–water partition coefficient (Wildman–Crippen LogP) is 4.58. The van der Waals surface area contributed by atoms with Gasteiger partial charge in [-0.05, 0) is 57.0 Å². The molecule has 29 heavy (non-hydrogen) atoms. The van der Waals surface area contributed by atoms with E-state index >= 15 is 0 Å². The van der Waals surface area contributed by atoms with Gasteiger partial charge in [-0.25, -0.2) is 13.2 Å². The highest BCUT2D eigenvalue weighted by Gasteiger charge is 2.34. The molecule has 1 atom stereocenters. The minimum Gasteiger partial charge on any atom is -0.457 e. The molecule has 1 unspecified atom stereocenters. The SMILES string of the molecule is CC(C)(C)OC(=O)N1CCC(c2ccc(Oc3ccccc3)cc2)S(=O)(=O)CC1. The molecule has 6 nitrogen and oxygen atoms in total. The third-order valence-electron chi connectivity index (χ3n) is 4.62. The van der Waals surface area contributed by atoms with E-state index in [1.807, 2.05) is 30.3 Å². The maximum absolute atomic E-state index is 12.8. The van der Waals surface area contributed by atoms with Crippen LogP contribution in [-0.2, 0) is 14.6 Å². The normalized spacial score (nSPS) is 19.3. The second-order valence-corrected chi connectivity index (χ2v) is 10.4. The summed E-state index contributed by atoms with van der Waals surface area (Å²) in [6.45, 7) is 5.86. The molecule has 1 aliphatic heterocycles. The van der Waals surface area contributed by atoms with E-state index in [1.165, 1.54) is 4.90 Å². The van der Waals surface area contributed by atoms with Gasteiger partial charge in [-0.2, -0.15) is 0 Å². The molecule has 0 radical (unpaired) electrons. The van der Waals surface area contributed by atoms with Crippen LogP contribution >= 0.6 is 0 Å². The average Bonchev–Trinajstić information content (AvgIpc) is 2.80. The van der Waals surface area contributed by atoms with E-state index in [4.69, 9.17) is 9.47 Å². The van der Waals surface area contributed by atoms with E-state index in [2.05, 4.69) is 0 Å². The van der Waals surface area contributed by atoms with Gasteiger partial charge in [-0.3, -0.25) is 0 Å². The van der Waals surface area contributed by atoms with E-state index in [9.17, 15) is 13.2 Å². The summed E-state index contributed by atoms with van der Waals surface area (Å²) < 4.78 is 36.8. The van der Waals surface area contributed by atoms with Crippen LogP contribution in [0.2, 0.25) is 0 Å². The van der Waals surface area contributed by atoms with E-state index in [0.717, 1.165) is 5.75 Å². The Labute approximate surface area is 172 Å². The predicted molar refractivity (Wildman–Crippen MR) is 112 cm³/mol. The van der Waals surface area contributed by atoms with E-state index in [0.29, 0.717) is 24.3 Å². The van der Waals surface area contributed by atoms with Gasteiger partial charge in [0, 0.05) is 13.1 Å². The molecular formula is C22H27NO5S. The van der Waals surface area contributed by atoms with Crippen molar-refractivity contribution in [1.29, 1.82) is 0 Å². The van der Waals surface area contributed by atoms with Gasteiger partial charge in [0.2, 0.25) is 0 Å². The summed E-state index contributed by atoms with van der Waals surface area (Å²) in [6.07, 6.45) is -0.138. The van der Waals surface area contributed by atoms with Crippen LogP contribution in [0.15, 0.2) is 54.6 Å². The lowest BCUT2D eigenvalue weighted by Gasteiger charge is -2.26. The van der Waals surface area contributed by atoms with Crippen LogP contribution in [0.4, 0.5) is 4.79 Å². The largest absolute Gasteiger partial charge is 0.457 e. The Kier molecular flexibility index (Phi) is 6.17. The Morgan fingerprint density at radius 1 is 0.966 bits per heavy atom. The van der Waals surface area contributed by atoms with Gasteiger partial charge in [-0.1, -0.05) is 30.3 Å². The molecule has 7 heteroatoms. The standard InChI is InChI=1S/C22H27NO5S/c1-22(2,3)28-21(24)23-14-13-20(29(25,26)16-15-23)17-9-11-19(12-10-17)27-18-7-5-4-6-8-18/h4-12,20H,13-16H2,1-3H3. The van der Waals surface area contributed by atoms with Crippen LogP contribution < -0.4 is 4.74 Å². The summed E-state index contributed by atoms with van der Waals surface area (Å²) in [4.78, 5) is 13.8. The van der Waals surface area contributed by atoms with Crippen molar-refractivity contribution in [3.8, 4) is 11.5 Å². The highest BCUT2D eigenvalue weighted by molar-refractivity contribution is 7.91. The third-order valence-corrected chi connectivity index (χ3v) is 6.75. The topological polar surface area (TPSA) is 72.9 Å². The molecule has 0 aliphatic carbocycles. The molecule has 2 aromatic rings. The van der Waals surface area contributed by atoms with Gasteiger partial charge in [0.25, 0.3) is 0 Å². The summed E-state index contributed by atoms with van der Waals surface area (Å²) in [7, 11) is -3.39. The van der Waals surface area contributed by atoms with Gasteiger partial charge in [-0.15, -0.1) is 0 Å². The zero-order valence-corrected chi connectivity index (χ0v) is 17.8. The number of carbonyl (C=O) groups is 1. The zero-order valence-electron chi connectivity index (χ0n) is 17.0. The van der Waals surface area contributed by atoms with Crippen molar-refractivity contribution >= 4 is 15.9 Å². The Hall–Kier alpha value is -2.54. The summed E-state index contributed by atoms with van der Waals surface area (Å²) in [6, 6.07) is 16.5. The van der Waals surface area contributed by atoms with Crippen molar-refractivity contribution in [2.24, 2.45) is 0 Å². The maximum atomic E-state index is 12.8. The number of hydrogen-bond acceptors (Lipinski definition) is 5.